The smallest absolute Gasteiger partial charge is 0.338 e. The highest BCUT2D eigenvalue weighted by Crippen LogP contribution is 2.38. The van der Waals surface area contributed by atoms with Gasteiger partial charge < -0.3 is 19.5 Å². The number of nitrogens with zero attached hydrogens (tertiary/aromatic N) is 4. The van der Waals surface area contributed by atoms with Gasteiger partial charge in [0, 0.05) is 6.54 Å². The summed E-state index contributed by atoms with van der Waals surface area (Å²) in [6.45, 7) is 0.0950. The lowest BCUT2D eigenvalue weighted by atomic mass is 9.89. The molecule has 190 valence electrons. The van der Waals surface area contributed by atoms with E-state index in [2.05, 4.69) is 10.3 Å². The number of thiophene rings is 1. The van der Waals surface area contributed by atoms with Crippen LogP contribution in [0.3, 0.4) is 0 Å². The number of aromatic nitrogens is 3. The highest BCUT2D eigenvalue weighted by molar-refractivity contribution is 7.12. The highest BCUT2D eigenvalue weighted by atomic mass is 32.1. The molecule has 37 heavy (non-hydrogen) atoms. The number of piperidine rings is 1. The van der Waals surface area contributed by atoms with Gasteiger partial charge in [0.1, 0.15) is 18.1 Å². The first-order chi connectivity index (χ1) is 18.0. The molecule has 3 atom stereocenters. The molecule has 1 saturated heterocycles. The van der Waals surface area contributed by atoms with Gasteiger partial charge in [0.25, 0.3) is 5.91 Å². The number of carbonyl (C=O) groups is 2. The molecule has 9 nitrogen and oxygen atoms in total. The molecule has 1 amide bonds. The summed E-state index contributed by atoms with van der Waals surface area (Å²) in [5, 5.41) is 21.3. The number of hydrogen-bond donors (Lipinski definition) is 1. The predicted octanol–water partition coefficient (Wildman–Crippen LogP) is 3.89. The number of rotatable bonds is 7. The molecule has 10 heteroatoms. The fourth-order valence-electron chi connectivity index (χ4n) is 4.49. The van der Waals surface area contributed by atoms with Crippen LogP contribution in [0.5, 0.6) is 5.75 Å². The normalized spacial score (nSPS) is 19.4. The van der Waals surface area contributed by atoms with Crippen LogP contribution in [0.25, 0.3) is 0 Å². The number of ether oxygens (including phenoxy) is 2. The van der Waals surface area contributed by atoms with Gasteiger partial charge in [-0.3, -0.25) is 4.79 Å². The Morgan fingerprint density at radius 3 is 2.57 bits per heavy atom. The topological polar surface area (TPSA) is 107 Å². The first-order valence-corrected chi connectivity index (χ1v) is 12.7. The van der Waals surface area contributed by atoms with Crippen LogP contribution in [0.4, 0.5) is 0 Å². The number of methoxy groups -OCH3 is 1. The maximum absolute atomic E-state index is 13.3. The minimum Gasteiger partial charge on any atom is -0.497 e. The maximum atomic E-state index is 13.3. The van der Waals surface area contributed by atoms with Gasteiger partial charge in [-0.25, -0.2) is 9.48 Å². The SMILES string of the molecule is COc1ccc([C@H]2C[C@@H](n3cc(COC(=O)c4ccccc4)nn3)[C@H](O)CN2C(=O)c2cccs2)cc1. The summed E-state index contributed by atoms with van der Waals surface area (Å²) in [4.78, 5) is 27.9. The first kappa shape index (κ1) is 24.7. The molecule has 1 N–H and O–H groups in total. The summed E-state index contributed by atoms with van der Waals surface area (Å²) in [6, 6.07) is 19.2. The third kappa shape index (κ3) is 5.40. The summed E-state index contributed by atoms with van der Waals surface area (Å²) in [6.07, 6.45) is 1.24. The molecular formula is C27H26N4O5S. The van der Waals surface area contributed by atoms with E-state index in [1.807, 2.05) is 41.8 Å². The lowest BCUT2D eigenvalue weighted by Gasteiger charge is -2.42. The Morgan fingerprint density at radius 2 is 1.86 bits per heavy atom. The van der Waals surface area contributed by atoms with Crippen molar-refractivity contribution in [1.82, 2.24) is 19.9 Å². The van der Waals surface area contributed by atoms with E-state index in [-0.39, 0.29) is 25.1 Å². The van der Waals surface area contributed by atoms with Crippen molar-refractivity contribution in [3.8, 4) is 5.75 Å². The van der Waals surface area contributed by atoms with Crippen LogP contribution in [0.2, 0.25) is 0 Å². The molecule has 1 aliphatic rings. The van der Waals surface area contributed by atoms with Crippen LogP contribution >= 0.6 is 11.3 Å². The number of amides is 1. The molecule has 4 aromatic rings. The molecule has 0 radical (unpaired) electrons. The Kier molecular flexibility index (Phi) is 7.29. The lowest BCUT2D eigenvalue weighted by molar-refractivity contribution is -0.00385. The molecule has 0 bridgehead atoms. The molecule has 1 fully saturated rings. The van der Waals surface area contributed by atoms with Crippen molar-refractivity contribution in [2.75, 3.05) is 13.7 Å². The minimum absolute atomic E-state index is 0.0402. The van der Waals surface area contributed by atoms with Gasteiger partial charge in [-0.1, -0.05) is 41.6 Å². The van der Waals surface area contributed by atoms with Gasteiger partial charge in [-0.15, -0.1) is 16.4 Å². The molecule has 0 unspecified atom stereocenters. The largest absolute Gasteiger partial charge is 0.497 e. The van der Waals surface area contributed by atoms with Gasteiger partial charge in [-0.05, 0) is 47.7 Å². The summed E-state index contributed by atoms with van der Waals surface area (Å²) >= 11 is 1.37. The van der Waals surface area contributed by atoms with Gasteiger partial charge >= 0.3 is 5.97 Å². The highest BCUT2D eigenvalue weighted by Gasteiger charge is 2.40. The second-order valence-electron chi connectivity index (χ2n) is 8.73. The molecule has 0 saturated carbocycles. The number of benzene rings is 2. The number of carbonyl (C=O) groups excluding carboxylic acids is 2. The van der Waals surface area contributed by atoms with Crippen molar-refractivity contribution >= 4 is 23.2 Å². The van der Waals surface area contributed by atoms with Crippen LogP contribution in [0, 0.1) is 0 Å². The van der Waals surface area contributed by atoms with Crippen molar-refractivity contribution in [2.45, 2.75) is 31.2 Å². The van der Waals surface area contributed by atoms with E-state index in [9.17, 15) is 14.7 Å². The molecule has 5 rings (SSSR count). The van der Waals surface area contributed by atoms with Crippen molar-refractivity contribution < 1.29 is 24.2 Å². The van der Waals surface area contributed by atoms with E-state index in [1.54, 1.807) is 53.2 Å². The van der Waals surface area contributed by atoms with Crippen molar-refractivity contribution in [3.05, 3.63) is 100 Å². The van der Waals surface area contributed by atoms with E-state index in [0.717, 1.165) is 11.3 Å². The van der Waals surface area contributed by atoms with Gasteiger partial charge in [0.15, 0.2) is 0 Å². The van der Waals surface area contributed by atoms with E-state index in [1.165, 1.54) is 11.3 Å². The Balaban J connectivity index is 1.35. The summed E-state index contributed by atoms with van der Waals surface area (Å²) < 4.78 is 12.3. The minimum atomic E-state index is -0.861. The predicted molar refractivity (Wildman–Crippen MR) is 136 cm³/mol. The zero-order chi connectivity index (χ0) is 25.8. The number of aliphatic hydroxyl groups is 1. The summed E-state index contributed by atoms with van der Waals surface area (Å²) in [5.41, 5.74) is 1.85. The average molecular weight is 519 g/mol. The summed E-state index contributed by atoms with van der Waals surface area (Å²) in [7, 11) is 1.61. The lowest BCUT2D eigenvalue weighted by Crippen LogP contribution is -2.49. The Bertz CT molecular complexity index is 1340. The van der Waals surface area contributed by atoms with E-state index >= 15 is 0 Å². The van der Waals surface area contributed by atoms with E-state index < -0.39 is 18.1 Å². The van der Waals surface area contributed by atoms with Crippen LogP contribution < -0.4 is 4.74 Å². The average Bonchev–Trinajstić information content (AvgIpc) is 3.65. The number of esters is 1. The third-order valence-corrected chi connectivity index (χ3v) is 7.28. The molecule has 0 aliphatic carbocycles. The van der Waals surface area contributed by atoms with E-state index in [0.29, 0.717) is 22.6 Å². The zero-order valence-corrected chi connectivity index (χ0v) is 21.0. The monoisotopic (exact) mass is 518 g/mol. The van der Waals surface area contributed by atoms with Crippen LogP contribution in [0.1, 0.15) is 49.8 Å². The van der Waals surface area contributed by atoms with Crippen molar-refractivity contribution in [1.29, 1.82) is 0 Å². The molecule has 2 aromatic heterocycles. The Morgan fingerprint density at radius 1 is 1.08 bits per heavy atom. The van der Waals surface area contributed by atoms with Crippen LogP contribution in [0.15, 0.2) is 78.3 Å². The second-order valence-corrected chi connectivity index (χ2v) is 9.67. The molecule has 1 aliphatic heterocycles. The molecular weight excluding hydrogens is 492 g/mol. The Labute approximate surface area is 217 Å². The molecule has 0 spiro atoms. The quantitative estimate of drug-likeness (QED) is 0.370. The molecule has 3 heterocycles. The van der Waals surface area contributed by atoms with E-state index in [4.69, 9.17) is 9.47 Å². The fourth-order valence-corrected chi connectivity index (χ4v) is 5.17. The molecule has 2 aromatic carbocycles. The van der Waals surface area contributed by atoms with Crippen LogP contribution in [-0.4, -0.2) is 56.6 Å². The zero-order valence-electron chi connectivity index (χ0n) is 20.1. The number of aliphatic hydroxyl groups excluding tert-OH is 1. The fraction of sp³-hybridized carbons (Fsp3) is 0.259. The number of β-amino-alcohol motifs (C(OH)–C–C–N with tert-alkyl or cyclic N) is 1. The van der Waals surface area contributed by atoms with Crippen molar-refractivity contribution in [3.63, 3.8) is 0 Å². The van der Waals surface area contributed by atoms with Crippen LogP contribution in [-0.2, 0) is 11.3 Å². The Hall–Kier alpha value is -4.02. The maximum Gasteiger partial charge on any atom is 0.338 e. The summed E-state index contributed by atoms with van der Waals surface area (Å²) in [5.74, 6) is 0.147. The third-order valence-electron chi connectivity index (χ3n) is 6.42. The standard InChI is InChI=1S/C27H26N4O5S/c1-35-21-11-9-18(10-12-21)22-14-23(24(32)16-30(22)26(33)25-8-5-13-37-25)31-15-20(28-29-31)17-36-27(34)19-6-3-2-4-7-19/h2-13,15,22-24,32H,14,16-17H2,1H3/t22-,23-,24-/m1/s1. The van der Waals surface area contributed by atoms with Gasteiger partial charge in [-0.2, -0.15) is 0 Å². The first-order valence-electron chi connectivity index (χ1n) is 11.8. The van der Waals surface area contributed by atoms with Gasteiger partial charge in [0.05, 0.1) is 41.9 Å². The number of hydrogen-bond acceptors (Lipinski definition) is 8. The van der Waals surface area contributed by atoms with Gasteiger partial charge in [0.2, 0.25) is 0 Å². The van der Waals surface area contributed by atoms with Crippen molar-refractivity contribution in [2.24, 2.45) is 0 Å². The number of likely N-dealkylation sites (tertiary alicyclic amines) is 1. The second kappa shape index (κ2) is 10.9.